The van der Waals surface area contributed by atoms with Crippen molar-refractivity contribution in [2.45, 2.75) is 0 Å². The molecule has 21 aromatic carbocycles. The van der Waals surface area contributed by atoms with Gasteiger partial charge in [-0.15, -0.1) is 0 Å². The van der Waals surface area contributed by atoms with E-state index in [1.807, 2.05) is 189 Å². The van der Waals surface area contributed by atoms with Crippen LogP contribution < -0.4 is 0 Å². The molecule has 15 nitrogen and oxygen atoms in total. The number of pyridine rings is 3. The van der Waals surface area contributed by atoms with Gasteiger partial charge in [-0.2, -0.15) is 0 Å². The molecule has 0 atom stereocenters. The Morgan fingerprint density at radius 3 is 0.952 bits per heavy atom. The smallest absolute Gasteiger partial charge is 0.164 e. The van der Waals surface area contributed by atoms with Crippen LogP contribution in [0.4, 0.5) is 0 Å². The highest BCUT2D eigenvalue weighted by atomic mass is 16.3. The largest absolute Gasteiger partial charge is 0.456 e. The van der Waals surface area contributed by atoms with Crippen LogP contribution in [0, 0.1) is 0 Å². The van der Waals surface area contributed by atoms with Crippen LogP contribution in [0.3, 0.4) is 0 Å². The molecule has 0 aliphatic carbocycles. The number of hydrogen-bond donors (Lipinski definition) is 0. The molecule has 147 heavy (non-hydrogen) atoms. The molecule has 30 aromatic rings. The summed E-state index contributed by atoms with van der Waals surface area (Å²) in [6.45, 7) is 0. The monoisotopic (exact) mass is 1880 g/mol. The molecule has 0 aliphatic rings. The Labute approximate surface area is 839 Å². The van der Waals surface area contributed by atoms with Crippen LogP contribution in [0.1, 0.15) is 0 Å². The van der Waals surface area contributed by atoms with E-state index in [1.165, 1.54) is 53.9 Å². The third-order valence-electron chi connectivity index (χ3n) is 28.2. The summed E-state index contributed by atoms with van der Waals surface area (Å²) >= 11 is 0. The molecule has 15 heteroatoms. The summed E-state index contributed by atoms with van der Waals surface area (Å²) in [6.07, 6.45) is 9.08. The van der Waals surface area contributed by atoms with Crippen LogP contribution in [0.25, 0.3) is 299 Å². The number of aromatic nitrogens is 12. The Balaban J connectivity index is 0.000000107. The summed E-state index contributed by atoms with van der Waals surface area (Å²) in [5, 5.41) is 27.8. The van der Waals surface area contributed by atoms with Gasteiger partial charge in [-0.25, -0.2) is 44.9 Å². The number of hydrogen-bond acceptors (Lipinski definition) is 15. The Kier molecular flexibility index (Phi) is 20.5. The van der Waals surface area contributed by atoms with E-state index in [0.29, 0.717) is 52.4 Å². The van der Waals surface area contributed by atoms with Crippen LogP contribution >= 0.6 is 0 Å². The maximum Gasteiger partial charge on any atom is 0.164 e. The van der Waals surface area contributed by atoms with E-state index >= 15 is 0 Å². The Morgan fingerprint density at radius 2 is 0.449 bits per heavy atom. The second-order valence-corrected chi connectivity index (χ2v) is 36.8. The van der Waals surface area contributed by atoms with Gasteiger partial charge >= 0.3 is 0 Å². The molecule has 30 rings (SSSR count). The van der Waals surface area contributed by atoms with E-state index in [1.54, 1.807) is 6.20 Å². The number of benzene rings is 21. The van der Waals surface area contributed by atoms with Crippen molar-refractivity contribution in [2.24, 2.45) is 0 Å². The summed E-state index contributed by atoms with van der Waals surface area (Å²) in [6, 6.07) is 153. The third kappa shape index (κ3) is 15.2. The second-order valence-electron chi connectivity index (χ2n) is 36.8. The van der Waals surface area contributed by atoms with E-state index in [-0.39, 0.29) is 0 Å². The van der Waals surface area contributed by atoms with Crippen molar-refractivity contribution in [1.82, 2.24) is 59.8 Å². The lowest BCUT2D eigenvalue weighted by atomic mass is 9.91. The molecule has 0 fully saturated rings. The fraction of sp³-hybridized carbons (Fsp3) is 0. The van der Waals surface area contributed by atoms with Crippen LogP contribution in [-0.4, -0.2) is 59.8 Å². The molecule has 0 radical (unpaired) electrons. The second kappa shape index (κ2) is 35.6. The zero-order valence-corrected chi connectivity index (χ0v) is 78.6. The number of nitrogens with zero attached hydrogens (tertiary/aromatic N) is 12. The van der Waals surface area contributed by atoms with Crippen molar-refractivity contribution in [1.29, 1.82) is 0 Å². The minimum absolute atomic E-state index is 0.618. The predicted octanol–water partition coefficient (Wildman–Crippen LogP) is 33.9. The molecule has 0 spiro atoms. The molecule has 684 valence electrons. The summed E-state index contributed by atoms with van der Waals surface area (Å²) in [7, 11) is 0. The summed E-state index contributed by atoms with van der Waals surface area (Å²) in [5.41, 5.74) is 20.1. The van der Waals surface area contributed by atoms with Crippen molar-refractivity contribution in [3.8, 4) is 136 Å². The van der Waals surface area contributed by atoms with Gasteiger partial charge < -0.3 is 13.3 Å². The van der Waals surface area contributed by atoms with Crippen LogP contribution in [-0.2, 0) is 0 Å². The minimum Gasteiger partial charge on any atom is -0.456 e. The molecule has 0 saturated carbocycles. The molecule has 0 saturated heterocycles. The lowest BCUT2D eigenvalue weighted by Crippen LogP contribution is -2.00. The zero-order valence-electron chi connectivity index (χ0n) is 78.6. The van der Waals surface area contributed by atoms with E-state index in [9.17, 15) is 0 Å². The number of para-hydroxylation sites is 3. The Bertz CT molecular complexity index is 10500. The van der Waals surface area contributed by atoms with Crippen molar-refractivity contribution in [2.75, 3.05) is 0 Å². The van der Waals surface area contributed by atoms with Crippen molar-refractivity contribution in [3.63, 3.8) is 0 Å². The average Bonchev–Trinajstić information content (AvgIpc) is 1.67. The van der Waals surface area contributed by atoms with Gasteiger partial charge in [-0.3, -0.25) is 15.0 Å². The zero-order chi connectivity index (χ0) is 96.9. The Morgan fingerprint density at radius 1 is 0.136 bits per heavy atom. The van der Waals surface area contributed by atoms with Crippen LogP contribution in [0.2, 0.25) is 0 Å². The maximum atomic E-state index is 6.53. The first-order valence-corrected chi connectivity index (χ1v) is 48.9. The van der Waals surface area contributed by atoms with Crippen molar-refractivity contribution in [3.05, 3.63) is 474 Å². The Hall–Kier alpha value is -20.2. The third-order valence-corrected chi connectivity index (χ3v) is 28.2. The van der Waals surface area contributed by atoms with Gasteiger partial charge in [-0.1, -0.05) is 346 Å². The highest BCUT2D eigenvalue weighted by Crippen LogP contribution is 2.49. The fourth-order valence-corrected chi connectivity index (χ4v) is 21.1. The SMILES string of the molecule is c1ccc(-c2nc(-c3ccc(-c4ccccn4)cc3)nc(-c3ccc4c(c3)c3ccccc3c3c4ccc4c5ccccc5oc43)n2)cc1.c1ccc(-c2nc(-c3ccc(-c4cccnc4)cc3)nc(-c3ccc4c(c3)c3ccccc3c3cc5oc6ccccc6c5cc43)n2)cc1.c1ccc(-c2nc(-c3ccc(-c4ccncc4)cc3)nc(-c3ccc4c(c3)c3ccccc3c3ccc5oc6ccccc6c5c34)n2)cc1. The topological polar surface area (TPSA) is 194 Å². The highest BCUT2D eigenvalue weighted by Gasteiger charge is 2.25. The number of rotatable bonds is 12. The van der Waals surface area contributed by atoms with Gasteiger partial charge in [0, 0.05) is 130 Å². The first kappa shape index (κ1) is 84.9. The molecule has 0 aliphatic heterocycles. The van der Waals surface area contributed by atoms with Crippen molar-refractivity contribution >= 4 is 163 Å². The molecule has 0 N–H and O–H groups in total. The average molecular weight is 1880 g/mol. The predicted molar refractivity (Wildman–Crippen MR) is 597 cm³/mol. The first-order chi connectivity index (χ1) is 72.8. The highest BCUT2D eigenvalue weighted by molar-refractivity contribution is 6.36. The molecule has 0 unspecified atom stereocenters. The standard InChI is InChI=1S/3C44H26N4O/c1-2-10-28(11-3-1)42-46-43(29-19-17-27(18-20-29)38-15-8-9-25-45-38)48-44(47-42)30-21-22-32-35-23-24-36-33-13-6-7-16-39(33)49-41(36)40(35)34-14-5-4-12-31(34)37(32)26-30;1-2-9-28(10-3-1)42-46-43(29-18-16-27(17-19-29)31-11-8-22-45-26-31)48-44(47-42)30-20-21-34-36(23-30)32-12-4-5-13-33(32)38-25-41-39(24-37(34)38)35-14-6-7-15-40(35)49-41;1-2-8-29(9-3-1)42-46-43(30-16-14-27(15-17-30)28-22-24-45-25-23-28)48-44(47-42)31-18-19-35-37(26-31)33-11-5-4-10-32(33)34-20-21-39-41(40(34)35)36-12-6-7-13-38(36)49-39/h3*1-26H. The lowest BCUT2D eigenvalue weighted by molar-refractivity contribution is 0.669. The van der Waals surface area contributed by atoms with Gasteiger partial charge in [-0.05, 0) is 205 Å². The van der Waals surface area contributed by atoms with Crippen molar-refractivity contribution < 1.29 is 13.3 Å². The van der Waals surface area contributed by atoms with Gasteiger partial charge in [0.25, 0.3) is 0 Å². The maximum absolute atomic E-state index is 6.53. The molecule has 9 heterocycles. The van der Waals surface area contributed by atoms with E-state index in [4.69, 9.17) is 58.1 Å². The summed E-state index contributed by atoms with van der Waals surface area (Å²) in [5.74, 6) is 5.64. The van der Waals surface area contributed by atoms with E-state index < -0.39 is 0 Å². The van der Waals surface area contributed by atoms with Gasteiger partial charge in [0.15, 0.2) is 52.4 Å². The first-order valence-electron chi connectivity index (χ1n) is 48.9. The minimum atomic E-state index is 0.618. The molecule has 0 amide bonds. The van der Waals surface area contributed by atoms with E-state index in [0.717, 1.165) is 192 Å². The summed E-state index contributed by atoms with van der Waals surface area (Å²) < 4.78 is 19.2. The van der Waals surface area contributed by atoms with Gasteiger partial charge in [0.1, 0.15) is 33.5 Å². The quantitative estimate of drug-likeness (QED) is 0.105. The fourth-order valence-electron chi connectivity index (χ4n) is 21.1. The van der Waals surface area contributed by atoms with Gasteiger partial charge in [0.2, 0.25) is 0 Å². The summed E-state index contributed by atoms with van der Waals surface area (Å²) in [4.78, 5) is 58.2. The van der Waals surface area contributed by atoms with Crippen LogP contribution in [0.5, 0.6) is 0 Å². The molecular formula is C132H78N12O3. The van der Waals surface area contributed by atoms with Crippen LogP contribution in [0.15, 0.2) is 487 Å². The van der Waals surface area contributed by atoms with Gasteiger partial charge in [0.05, 0.1) is 5.69 Å². The lowest BCUT2D eigenvalue weighted by Gasteiger charge is -2.13. The number of fused-ring (bicyclic) bond motifs is 29. The number of furan rings is 3. The molecule has 0 bridgehead atoms. The van der Waals surface area contributed by atoms with E-state index in [2.05, 4.69) is 294 Å². The molecule has 9 aromatic heterocycles. The normalized spacial score (nSPS) is 11.7. The molecular weight excluding hydrogens is 1800 g/mol.